The van der Waals surface area contributed by atoms with E-state index in [1.165, 1.54) is 31.2 Å². The molecule has 0 radical (unpaired) electrons. The minimum atomic E-state index is 0.644. The Kier molecular flexibility index (Phi) is 6.06. The molecule has 1 aromatic carbocycles. The number of likely N-dealkylation sites (N-methyl/N-ethyl adjacent to an activating group) is 1. The lowest BCUT2D eigenvalue weighted by atomic mass is 9.82. The van der Waals surface area contributed by atoms with E-state index in [2.05, 4.69) is 61.4 Å². The summed E-state index contributed by atoms with van der Waals surface area (Å²) in [6.07, 6.45) is 5.32. The largest absolute Gasteiger partial charge is 0.313 e. The molecule has 2 heteroatoms. The van der Waals surface area contributed by atoms with Crippen molar-refractivity contribution in [2.75, 3.05) is 20.1 Å². The Bertz CT molecular complexity index is 366. The molecule has 0 aliphatic heterocycles. The predicted octanol–water partition coefficient (Wildman–Crippen LogP) is 3.64. The number of hydrogen-bond acceptors (Lipinski definition) is 2. The minimum Gasteiger partial charge on any atom is -0.313 e. The van der Waals surface area contributed by atoms with Gasteiger partial charge in [0.25, 0.3) is 0 Å². The van der Waals surface area contributed by atoms with Crippen LogP contribution in [-0.4, -0.2) is 37.1 Å². The van der Waals surface area contributed by atoms with Gasteiger partial charge in [-0.2, -0.15) is 0 Å². The van der Waals surface area contributed by atoms with Crippen molar-refractivity contribution >= 4 is 0 Å². The third kappa shape index (κ3) is 4.60. The highest BCUT2D eigenvalue weighted by Gasteiger charge is 2.21. The third-order valence-corrected chi connectivity index (χ3v) is 4.78. The van der Waals surface area contributed by atoms with E-state index in [9.17, 15) is 0 Å². The maximum absolute atomic E-state index is 3.74. The molecular formula is C18H30N2. The molecule has 0 unspecified atom stereocenters. The second-order valence-electron chi connectivity index (χ2n) is 6.49. The Hall–Kier alpha value is -0.860. The molecule has 1 fully saturated rings. The minimum absolute atomic E-state index is 0.644. The average molecular weight is 274 g/mol. The van der Waals surface area contributed by atoms with Gasteiger partial charge in [0.05, 0.1) is 0 Å². The number of benzene rings is 1. The Labute approximate surface area is 124 Å². The highest BCUT2D eigenvalue weighted by molar-refractivity contribution is 5.20. The van der Waals surface area contributed by atoms with Crippen molar-refractivity contribution in [3.05, 3.63) is 35.9 Å². The quantitative estimate of drug-likeness (QED) is 0.852. The van der Waals surface area contributed by atoms with E-state index in [0.717, 1.165) is 25.0 Å². The molecule has 112 valence electrons. The van der Waals surface area contributed by atoms with Crippen LogP contribution in [0.1, 0.15) is 51.0 Å². The zero-order valence-corrected chi connectivity index (χ0v) is 13.3. The molecule has 2 rings (SSSR count). The van der Waals surface area contributed by atoms with Crippen molar-refractivity contribution in [1.29, 1.82) is 0 Å². The van der Waals surface area contributed by atoms with Crippen LogP contribution in [0.25, 0.3) is 0 Å². The van der Waals surface area contributed by atoms with E-state index in [4.69, 9.17) is 0 Å². The lowest BCUT2D eigenvalue weighted by Crippen LogP contribution is -2.39. The zero-order valence-electron chi connectivity index (χ0n) is 13.3. The Morgan fingerprint density at radius 3 is 2.35 bits per heavy atom. The van der Waals surface area contributed by atoms with Crippen molar-refractivity contribution in [2.45, 2.75) is 57.5 Å². The van der Waals surface area contributed by atoms with Gasteiger partial charge in [0.2, 0.25) is 0 Å². The van der Waals surface area contributed by atoms with Gasteiger partial charge in [0, 0.05) is 25.2 Å². The van der Waals surface area contributed by atoms with Gasteiger partial charge in [0.15, 0.2) is 0 Å². The van der Waals surface area contributed by atoms with Gasteiger partial charge < -0.3 is 10.2 Å². The molecule has 0 bridgehead atoms. The summed E-state index contributed by atoms with van der Waals surface area (Å²) in [5.74, 6) is 0.785. The van der Waals surface area contributed by atoms with Crippen molar-refractivity contribution < 1.29 is 0 Å². The second kappa shape index (κ2) is 7.80. The fourth-order valence-electron chi connectivity index (χ4n) is 3.06. The maximum atomic E-state index is 3.74. The molecule has 0 amide bonds. The summed E-state index contributed by atoms with van der Waals surface area (Å²) in [7, 11) is 2.21. The lowest BCUT2D eigenvalue weighted by Gasteiger charge is -2.30. The van der Waals surface area contributed by atoms with E-state index in [1.807, 2.05) is 0 Å². The molecule has 1 aromatic rings. The van der Waals surface area contributed by atoms with Crippen molar-refractivity contribution in [3.63, 3.8) is 0 Å². The summed E-state index contributed by atoms with van der Waals surface area (Å²) in [6.45, 7) is 6.78. The Morgan fingerprint density at radius 1 is 1.10 bits per heavy atom. The zero-order chi connectivity index (χ0) is 14.4. The molecule has 20 heavy (non-hydrogen) atoms. The van der Waals surface area contributed by atoms with E-state index in [-0.39, 0.29) is 0 Å². The van der Waals surface area contributed by atoms with Gasteiger partial charge in [0.1, 0.15) is 0 Å². The van der Waals surface area contributed by atoms with Gasteiger partial charge in [-0.05, 0) is 58.1 Å². The summed E-state index contributed by atoms with van der Waals surface area (Å²) < 4.78 is 0. The van der Waals surface area contributed by atoms with E-state index in [0.29, 0.717) is 6.04 Å². The molecule has 1 aliphatic rings. The van der Waals surface area contributed by atoms with Gasteiger partial charge in [-0.25, -0.2) is 0 Å². The van der Waals surface area contributed by atoms with E-state index >= 15 is 0 Å². The standard InChI is InChI=1S/C18H30N2/c1-15(2)20(3)14-13-19-18-11-9-17(10-12-18)16-7-5-4-6-8-16/h4-8,15,17-19H,9-14H2,1-3H3. The molecule has 0 spiro atoms. The monoisotopic (exact) mass is 274 g/mol. The smallest absolute Gasteiger partial charge is 0.0107 e. The maximum Gasteiger partial charge on any atom is 0.0107 e. The number of nitrogens with one attached hydrogen (secondary N) is 1. The fraction of sp³-hybridized carbons (Fsp3) is 0.667. The van der Waals surface area contributed by atoms with E-state index < -0.39 is 0 Å². The van der Waals surface area contributed by atoms with Crippen LogP contribution >= 0.6 is 0 Å². The van der Waals surface area contributed by atoms with Crippen LogP contribution in [0.15, 0.2) is 30.3 Å². The predicted molar refractivity (Wildman–Crippen MR) is 87.2 cm³/mol. The molecule has 0 saturated heterocycles. The summed E-state index contributed by atoms with van der Waals surface area (Å²) in [5, 5.41) is 3.74. The number of hydrogen-bond donors (Lipinski definition) is 1. The molecule has 0 atom stereocenters. The summed E-state index contributed by atoms with van der Waals surface area (Å²) >= 11 is 0. The van der Waals surface area contributed by atoms with Crippen LogP contribution in [0.4, 0.5) is 0 Å². The van der Waals surface area contributed by atoms with Crippen LogP contribution in [0.2, 0.25) is 0 Å². The topological polar surface area (TPSA) is 15.3 Å². The fourth-order valence-corrected chi connectivity index (χ4v) is 3.06. The first-order chi connectivity index (χ1) is 9.66. The molecule has 1 saturated carbocycles. The molecule has 0 heterocycles. The molecule has 1 aliphatic carbocycles. The van der Waals surface area contributed by atoms with Gasteiger partial charge >= 0.3 is 0 Å². The highest BCUT2D eigenvalue weighted by Crippen LogP contribution is 2.32. The van der Waals surface area contributed by atoms with Gasteiger partial charge in [-0.1, -0.05) is 30.3 Å². The highest BCUT2D eigenvalue weighted by atomic mass is 15.1. The van der Waals surface area contributed by atoms with Crippen LogP contribution in [0.5, 0.6) is 0 Å². The molecule has 1 N–H and O–H groups in total. The van der Waals surface area contributed by atoms with Crippen LogP contribution in [0.3, 0.4) is 0 Å². The molecule has 2 nitrogen and oxygen atoms in total. The second-order valence-corrected chi connectivity index (χ2v) is 6.49. The number of rotatable bonds is 6. The first-order valence-electron chi connectivity index (χ1n) is 8.15. The first-order valence-corrected chi connectivity index (χ1v) is 8.15. The molecule has 0 aromatic heterocycles. The number of nitrogens with zero attached hydrogens (tertiary/aromatic N) is 1. The lowest BCUT2D eigenvalue weighted by molar-refractivity contribution is 0.258. The van der Waals surface area contributed by atoms with Gasteiger partial charge in [-0.3, -0.25) is 0 Å². The van der Waals surface area contributed by atoms with Crippen LogP contribution in [-0.2, 0) is 0 Å². The SMILES string of the molecule is CC(C)N(C)CCNC1CCC(c2ccccc2)CC1. The van der Waals surface area contributed by atoms with Crippen LogP contribution in [0, 0.1) is 0 Å². The average Bonchev–Trinajstić information content (AvgIpc) is 2.48. The summed E-state index contributed by atoms with van der Waals surface area (Å²) in [5.41, 5.74) is 1.53. The van der Waals surface area contributed by atoms with Gasteiger partial charge in [-0.15, -0.1) is 0 Å². The third-order valence-electron chi connectivity index (χ3n) is 4.78. The van der Waals surface area contributed by atoms with E-state index in [1.54, 1.807) is 0 Å². The summed E-state index contributed by atoms with van der Waals surface area (Å²) in [6, 6.07) is 12.4. The van der Waals surface area contributed by atoms with Crippen molar-refractivity contribution in [2.24, 2.45) is 0 Å². The molecular weight excluding hydrogens is 244 g/mol. The Balaban J connectivity index is 1.67. The summed E-state index contributed by atoms with van der Waals surface area (Å²) in [4.78, 5) is 2.41. The normalized spacial score (nSPS) is 23.4. The first kappa shape index (κ1) is 15.5. The van der Waals surface area contributed by atoms with Crippen molar-refractivity contribution in [1.82, 2.24) is 10.2 Å². The van der Waals surface area contributed by atoms with Crippen LogP contribution < -0.4 is 5.32 Å². The Morgan fingerprint density at radius 2 is 1.75 bits per heavy atom. The van der Waals surface area contributed by atoms with Crippen molar-refractivity contribution in [3.8, 4) is 0 Å².